The van der Waals surface area contributed by atoms with Crippen molar-refractivity contribution in [2.24, 2.45) is 5.10 Å². The van der Waals surface area contributed by atoms with Crippen LogP contribution in [0.3, 0.4) is 0 Å². The number of benzene rings is 3. The molecular weight excluding hydrogens is 467 g/mol. The summed E-state index contributed by atoms with van der Waals surface area (Å²) >= 11 is 0. The van der Waals surface area contributed by atoms with Crippen LogP contribution >= 0.6 is 0 Å². The van der Waals surface area contributed by atoms with Gasteiger partial charge in [-0.15, -0.1) is 0 Å². The highest BCUT2D eigenvalue weighted by Crippen LogP contribution is 2.32. The van der Waals surface area contributed by atoms with Crippen LogP contribution in [0.15, 0.2) is 70.6 Å². The normalized spacial score (nSPS) is 12.1. The van der Waals surface area contributed by atoms with Crippen LogP contribution in [0.1, 0.15) is 48.9 Å². The summed E-state index contributed by atoms with van der Waals surface area (Å²) < 4.78 is 47.0. The van der Waals surface area contributed by atoms with Crippen molar-refractivity contribution in [1.82, 2.24) is 9.66 Å². The molecule has 3 aromatic carbocycles. The lowest BCUT2D eigenvalue weighted by molar-refractivity contribution is -0.137. The van der Waals surface area contributed by atoms with Crippen LogP contribution in [0.4, 0.5) is 13.2 Å². The quantitative estimate of drug-likeness (QED) is 0.278. The summed E-state index contributed by atoms with van der Waals surface area (Å²) in [6.45, 7) is 8.46. The van der Waals surface area contributed by atoms with Crippen LogP contribution in [0.2, 0.25) is 0 Å². The van der Waals surface area contributed by atoms with Gasteiger partial charge < -0.3 is 4.74 Å². The molecule has 0 aliphatic heterocycles. The number of rotatable bonds is 6. The Morgan fingerprint density at radius 1 is 1.08 bits per heavy atom. The number of alkyl halides is 3. The lowest BCUT2D eigenvalue weighted by Gasteiger charge is -2.16. The van der Waals surface area contributed by atoms with Crippen LogP contribution in [0.25, 0.3) is 22.3 Å². The smallest absolute Gasteiger partial charge is 0.416 e. The highest BCUT2D eigenvalue weighted by Gasteiger charge is 2.31. The second kappa shape index (κ2) is 9.97. The van der Waals surface area contributed by atoms with E-state index in [-0.39, 0.29) is 17.3 Å². The fourth-order valence-corrected chi connectivity index (χ4v) is 3.96. The molecule has 0 atom stereocenters. The Kier molecular flexibility index (Phi) is 6.97. The highest BCUT2D eigenvalue weighted by atomic mass is 19.4. The first-order valence-electron chi connectivity index (χ1n) is 11.6. The highest BCUT2D eigenvalue weighted by molar-refractivity contribution is 5.84. The number of fused-ring (bicyclic) bond motifs is 1. The van der Waals surface area contributed by atoms with E-state index in [1.165, 1.54) is 18.3 Å². The van der Waals surface area contributed by atoms with Gasteiger partial charge in [-0.3, -0.25) is 4.79 Å². The summed E-state index contributed by atoms with van der Waals surface area (Å²) in [6, 6.07) is 15.3. The van der Waals surface area contributed by atoms with Gasteiger partial charge in [-0.25, -0.2) is 4.98 Å². The molecule has 0 bridgehead atoms. The van der Waals surface area contributed by atoms with Crippen molar-refractivity contribution >= 4 is 17.1 Å². The number of aryl methyl sites for hydroxylation is 1. The lowest BCUT2D eigenvalue weighted by Crippen LogP contribution is -2.20. The van der Waals surface area contributed by atoms with Crippen molar-refractivity contribution in [3.05, 3.63) is 93.3 Å². The molecule has 1 aromatic heterocycles. The van der Waals surface area contributed by atoms with Crippen molar-refractivity contribution in [3.8, 4) is 17.1 Å². The third-order valence-electron chi connectivity index (χ3n) is 5.83. The second-order valence-corrected chi connectivity index (χ2v) is 8.73. The van der Waals surface area contributed by atoms with E-state index in [0.29, 0.717) is 17.5 Å². The van der Waals surface area contributed by atoms with Gasteiger partial charge in [-0.05, 0) is 72.9 Å². The molecule has 0 amide bonds. The molecule has 0 radical (unpaired) electrons. The van der Waals surface area contributed by atoms with Gasteiger partial charge in [0.25, 0.3) is 5.56 Å². The molecule has 5 nitrogen and oxygen atoms in total. The number of halogens is 3. The zero-order valence-corrected chi connectivity index (χ0v) is 20.4. The fourth-order valence-electron chi connectivity index (χ4n) is 3.96. The first kappa shape index (κ1) is 25.2. The molecular formula is C28H26F3N3O2. The SMILES string of the molecule is CCOc1cc(C)c(C=Nn2c(-c3cccc(C(F)(F)F)c3)nc3ccccc3c2=O)cc1C(C)C. The van der Waals surface area contributed by atoms with E-state index in [0.717, 1.165) is 39.2 Å². The Labute approximate surface area is 206 Å². The summed E-state index contributed by atoms with van der Waals surface area (Å²) in [6.07, 6.45) is -3.00. The van der Waals surface area contributed by atoms with E-state index in [1.807, 2.05) is 26.0 Å². The largest absolute Gasteiger partial charge is 0.494 e. The van der Waals surface area contributed by atoms with Gasteiger partial charge in [0.1, 0.15) is 5.75 Å². The first-order chi connectivity index (χ1) is 17.1. The molecule has 36 heavy (non-hydrogen) atoms. The zero-order valence-electron chi connectivity index (χ0n) is 20.4. The van der Waals surface area contributed by atoms with E-state index in [9.17, 15) is 18.0 Å². The first-order valence-corrected chi connectivity index (χ1v) is 11.6. The Morgan fingerprint density at radius 3 is 2.53 bits per heavy atom. The molecule has 0 saturated heterocycles. The maximum Gasteiger partial charge on any atom is 0.416 e. The molecule has 4 aromatic rings. The topological polar surface area (TPSA) is 56.5 Å². The van der Waals surface area contributed by atoms with E-state index >= 15 is 0 Å². The standard InChI is InChI=1S/C28H26F3N3O2/c1-5-36-25-13-18(4)20(15-23(25)17(2)3)16-32-34-26(19-9-8-10-21(14-19)28(29,30)31)33-24-12-7-6-11-22(24)27(34)35/h6-17H,5H2,1-4H3. The summed E-state index contributed by atoms with van der Waals surface area (Å²) in [4.78, 5) is 17.9. The van der Waals surface area contributed by atoms with Gasteiger partial charge in [0.15, 0.2) is 5.82 Å². The molecule has 0 fully saturated rings. The third kappa shape index (κ3) is 5.03. The minimum atomic E-state index is -4.53. The number of aromatic nitrogens is 2. The van der Waals surface area contributed by atoms with Crippen LogP contribution in [-0.2, 0) is 6.18 Å². The van der Waals surface area contributed by atoms with Crippen LogP contribution in [0, 0.1) is 6.92 Å². The summed E-state index contributed by atoms with van der Waals surface area (Å²) in [5.74, 6) is 0.995. The maximum absolute atomic E-state index is 13.4. The Balaban J connectivity index is 1.91. The van der Waals surface area contributed by atoms with Crippen molar-refractivity contribution in [3.63, 3.8) is 0 Å². The third-order valence-corrected chi connectivity index (χ3v) is 5.83. The minimum Gasteiger partial charge on any atom is -0.494 e. The molecule has 0 aliphatic carbocycles. The van der Waals surface area contributed by atoms with Gasteiger partial charge in [0, 0.05) is 5.56 Å². The molecule has 1 heterocycles. The van der Waals surface area contributed by atoms with Gasteiger partial charge in [-0.1, -0.05) is 38.1 Å². The molecule has 0 aliphatic rings. The van der Waals surface area contributed by atoms with Gasteiger partial charge in [0.05, 0.1) is 29.3 Å². The molecule has 4 rings (SSSR count). The van der Waals surface area contributed by atoms with Crippen molar-refractivity contribution in [2.45, 2.75) is 39.8 Å². The minimum absolute atomic E-state index is 0.0220. The molecule has 8 heteroatoms. The van der Waals surface area contributed by atoms with E-state index in [2.05, 4.69) is 23.9 Å². The molecule has 186 valence electrons. The summed E-state index contributed by atoms with van der Waals surface area (Å²) in [5.41, 5.74) is 1.84. The number of nitrogens with zero attached hydrogens (tertiary/aromatic N) is 3. The second-order valence-electron chi connectivity index (χ2n) is 8.73. The Bertz CT molecular complexity index is 1500. The number of ether oxygens (including phenoxy) is 1. The van der Waals surface area contributed by atoms with Gasteiger partial charge in [0.2, 0.25) is 0 Å². The zero-order chi connectivity index (χ0) is 26.0. The number of hydrogen-bond acceptors (Lipinski definition) is 4. The van der Waals surface area contributed by atoms with E-state index in [4.69, 9.17) is 4.74 Å². The molecule has 0 unspecified atom stereocenters. The molecule has 0 N–H and O–H groups in total. The van der Waals surface area contributed by atoms with Gasteiger partial charge in [-0.2, -0.15) is 22.9 Å². The van der Waals surface area contributed by atoms with Gasteiger partial charge >= 0.3 is 6.18 Å². The maximum atomic E-state index is 13.4. The predicted molar refractivity (Wildman–Crippen MR) is 136 cm³/mol. The van der Waals surface area contributed by atoms with Crippen LogP contribution < -0.4 is 10.3 Å². The van der Waals surface area contributed by atoms with E-state index in [1.54, 1.807) is 24.3 Å². The predicted octanol–water partition coefficient (Wildman–Crippen LogP) is 6.80. The van der Waals surface area contributed by atoms with Crippen molar-refractivity contribution in [1.29, 1.82) is 0 Å². The monoisotopic (exact) mass is 493 g/mol. The van der Waals surface area contributed by atoms with Crippen molar-refractivity contribution in [2.75, 3.05) is 6.61 Å². The Hall–Kier alpha value is -3.94. The van der Waals surface area contributed by atoms with Crippen LogP contribution in [0.5, 0.6) is 5.75 Å². The fraction of sp³-hybridized carbons (Fsp3) is 0.250. The molecule has 0 saturated carbocycles. The summed E-state index contributed by atoms with van der Waals surface area (Å²) in [7, 11) is 0. The Morgan fingerprint density at radius 2 is 1.83 bits per heavy atom. The summed E-state index contributed by atoms with van der Waals surface area (Å²) in [5, 5.41) is 4.74. The molecule has 0 spiro atoms. The lowest BCUT2D eigenvalue weighted by atomic mass is 9.97. The van der Waals surface area contributed by atoms with Crippen LogP contribution in [-0.4, -0.2) is 22.5 Å². The number of para-hydroxylation sites is 1. The van der Waals surface area contributed by atoms with E-state index < -0.39 is 17.3 Å². The average molecular weight is 494 g/mol. The van der Waals surface area contributed by atoms with Crippen molar-refractivity contribution < 1.29 is 17.9 Å². The average Bonchev–Trinajstić information content (AvgIpc) is 2.84. The number of hydrogen-bond donors (Lipinski definition) is 0.